The number of pyridine rings is 1. The van der Waals surface area contributed by atoms with E-state index < -0.39 is 0 Å². The van der Waals surface area contributed by atoms with Crippen molar-refractivity contribution in [2.45, 2.75) is 13.3 Å². The number of aromatic nitrogens is 1. The molecule has 5 nitrogen and oxygen atoms in total. The molecule has 0 spiro atoms. The Kier molecular flexibility index (Phi) is 4.76. The summed E-state index contributed by atoms with van der Waals surface area (Å²) in [6.45, 7) is 4.14. The predicted octanol–water partition coefficient (Wildman–Crippen LogP) is 1.73. The van der Waals surface area contributed by atoms with Gasteiger partial charge in [-0.05, 0) is 35.3 Å². The molecular formula is C13H18BrN3O2. The lowest BCUT2D eigenvalue weighted by molar-refractivity contribution is 0.0782. The zero-order chi connectivity index (χ0) is 13.8. The topological polar surface area (TPSA) is 65.5 Å². The van der Waals surface area contributed by atoms with Crippen LogP contribution in [0.15, 0.2) is 16.7 Å². The molecule has 0 aliphatic carbocycles. The van der Waals surface area contributed by atoms with Crippen LogP contribution in [-0.4, -0.2) is 47.1 Å². The second kappa shape index (κ2) is 6.34. The van der Waals surface area contributed by atoms with E-state index in [1.807, 2.05) is 6.92 Å². The van der Waals surface area contributed by atoms with Crippen molar-refractivity contribution in [3.05, 3.63) is 22.3 Å². The van der Waals surface area contributed by atoms with Crippen LogP contribution >= 0.6 is 15.9 Å². The molecule has 1 aromatic heterocycles. The van der Waals surface area contributed by atoms with Gasteiger partial charge in [0.25, 0.3) is 5.91 Å². The molecular weight excluding hydrogens is 310 g/mol. The van der Waals surface area contributed by atoms with Crippen LogP contribution in [0.2, 0.25) is 0 Å². The van der Waals surface area contributed by atoms with E-state index in [0.29, 0.717) is 31.0 Å². The fourth-order valence-electron chi connectivity index (χ4n) is 2.25. The van der Waals surface area contributed by atoms with Crippen LogP contribution < -0.4 is 5.32 Å². The molecule has 2 heterocycles. The van der Waals surface area contributed by atoms with E-state index in [0.717, 1.165) is 10.9 Å². The average molecular weight is 328 g/mol. The third kappa shape index (κ3) is 3.25. The van der Waals surface area contributed by atoms with Crippen LogP contribution in [0.25, 0.3) is 0 Å². The summed E-state index contributed by atoms with van der Waals surface area (Å²) < 4.78 is 0.787. The minimum atomic E-state index is -0.0271. The van der Waals surface area contributed by atoms with Gasteiger partial charge in [-0.25, -0.2) is 4.98 Å². The number of aliphatic hydroxyl groups excluding tert-OH is 1. The van der Waals surface area contributed by atoms with Gasteiger partial charge in [0.05, 0.1) is 5.56 Å². The maximum Gasteiger partial charge on any atom is 0.257 e. The van der Waals surface area contributed by atoms with Crippen molar-refractivity contribution in [1.29, 1.82) is 0 Å². The van der Waals surface area contributed by atoms with Gasteiger partial charge in [0, 0.05) is 42.8 Å². The highest BCUT2D eigenvalue weighted by atomic mass is 79.9. The highest BCUT2D eigenvalue weighted by Crippen LogP contribution is 2.23. The highest BCUT2D eigenvalue weighted by molar-refractivity contribution is 9.10. The first kappa shape index (κ1) is 14.3. The minimum absolute atomic E-state index is 0.0271. The van der Waals surface area contributed by atoms with Crippen LogP contribution in [0.5, 0.6) is 0 Å². The Balaban J connectivity index is 2.20. The molecule has 6 heteroatoms. The van der Waals surface area contributed by atoms with E-state index in [9.17, 15) is 4.79 Å². The third-order valence-electron chi connectivity index (χ3n) is 3.26. The fourth-order valence-corrected chi connectivity index (χ4v) is 2.58. The molecule has 0 aromatic carbocycles. The Labute approximate surface area is 121 Å². The van der Waals surface area contributed by atoms with Gasteiger partial charge in [-0.2, -0.15) is 0 Å². The van der Waals surface area contributed by atoms with Gasteiger partial charge < -0.3 is 15.3 Å². The summed E-state index contributed by atoms with van der Waals surface area (Å²) >= 11 is 3.35. The summed E-state index contributed by atoms with van der Waals surface area (Å²) in [5, 5.41) is 12.3. The first-order valence-electron chi connectivity index (χ1n) is 6.45. The molecule has 1 aliphatic rings. The molecule has 1 aliphatic heterocycles. The van der Waals surface area contributed by atoms with Crippen LogP contribution in [0.1, 0.15) is 23.7 Å². The standard InChI is InChI=1S/C13H18BrN3O2/c1-2-15-12-11(5-10(14)6-16-12)13(19)17-4-3-9(7-17)8-18/h5-6,9,18H,2-4,7-8H2,1H3,(H,15,16). The van der Waals surface area contributed by atoms with Crippen molar-refractivity contribution in [1.82, 2.24) is 9.88 Å². The molecule has 1 saturated heterocycles. The fraction of sp³-hybridized carbons (Fsp3) is 0.538. The summed E-state index contributed by atoms with van der Waals surface area (Å²) in [6.07, 6.45) is 2.54. The van der Waals surface area contributed by atoms with Crippen molar-refractivity contribution in [2.24, 2.45) is 5.92 Å². The summed E-state index contributed by atoms with van der Waals surface area (Å²) in [6, 6.07) is 1.79. The van der Waals surface area contributed by atoms with Crippen LogP contribution in [0.4, 0.5) is 5.82 Å². The Bertz CT molecular complexity index is 467. The smallest absolute Gasteiger partial charge is 0.257 e. The average Bonchev–Trinajstić information content (AvgIpc) is 2.89. The lowest BCUT2D eigenvalue weighted by atomic mass is 10.1. The van der Waals surface area contributed by atoms with Gasteiger partial charge in [0.2, 0.25) is 0 Å². The number of hydrogen-bond acceptors (Lipinski definition) is 4. The number of likely N-dealkylation sites (tertiary alicyclic amines) is 1. The van der Waals surface area contributed by atoms with Crippen molar-refractivity contribution >= 4 is 27.7 Å². The third-order valence-corrected chi connectivity index (χ3v) is 3.69. The predicted molar refractivity (Wildman–Crippen MR) is 77.2 cm³/mol. The maximum atomic E-state index is 12.5. The molecule has 1 atom stereocenters. The van der Waals surface area contributed by atoms with Crippen molar-refractivity contribution in [3.63, 3.8) is 0 Å². The Morgan fingerprint density at radius 2 is 2.47 bits per heavy atom. The van der Waals surface area contributed by atoms with Crippen molar-refractivity contribution < 1.29 is 9.90 Å². The quantitative estimate of drug-likeness (QED) is 0.883. The Morgan fingerprint density at radius 1 is 1.68 bits per heavy atom. The zero-order valence-electron chi connectivity index (χ0n) is 10.9. The summed E-state index contributed by atoms with van der Waals surface area (Å²) in [5.41, 5.74) is 0.579. The minimum Gasteiger partial charge on any atom is -0.396 e. The van der Waals surface area contributed by atoms with Gasteiger partial charge in [-0.15, -0.1) is 0 Å². The van der Waals surface area contributed by atoms with Crippen LogP contribution in [0.3, 0.4) is 0 Å². The molecule has 1 aromatic rings. The van der Waals surface area contributed by atoms with E-state index in [2.05, 4.69) is 26.2 Å². The molecule has 1 amide bonds. The summed E-state index contributed by atoms with van der Waals surface area (Å²) in [4.78, 5) is 18.5. The Hall–Kier alpha value is -1.14. The number of hydrogen-bond donors (Lipinski definition) is 2. The zero-order valence-corrected chi connectivity index (χ0v) is 12.5. The SMILES string of the molecule is CCNc1ncc(Br)cc1C(=O)N1CCC(CO)C1. The number of carbonyl (C=O) groups excluding carboxylic acids is 1. The van der Waals surface area contributed by atoms with E-state index in [1.165, 1.54) is 0 Å². The molecule has 0 bridgehead atoms. The number of anilines is 1. The van der Waals surface area contributed by atoms with E-state index >= 15 is 0 Å². The van der Waals surface area contributed by atoms with E-state index in [4.69, 9.17) is 5.11 Å². The molecule has 0 radical (unpaired) electrons. The second-order valence-corrected chi connectivity index (χ2v) is 5.58. The number of amides is 1. The van der Waals surface area contributed by atoms with Gasteiger partial charge in [-0.1, -0.05) is 0 Å². The van der Waals surface area contributed by atoms with Crippen molar-refractivity contribution in [3.8, 4) is 0 Å². The van der Waals surface area contributed by atoms with Gasteiger partial charge >= 0.3 is 0 Å². The van der Waals surface area contributed by atoms with Gasteiger partial charge in [-0.3, -0.25) is 4.79 Å². The normalized spacial score (nSPS) is 18.7. The highest BCUT2D eigenvalue weighted by Gasteiger charge is 2.28. The lowest BCUT2D eigenvalue weighted by Crippen LogP contribution is -2.30. The number of nitrogens with zero attached hydrogens (tertiary/aromatic N) is 2. The van der Waals surface area contributed by atoms with Crippen molar-refractivity contribution in [2.75, 3.05) is 31.6 Å². The van der Waals surface area contributed by atoms with Crippen LogP contribution in [-0.2, 0) is 0 Å². The molecule has 1 fully saturated rings. The summed E-state index contributed by atoms with van der Waals surface area (Å²) in [5.74, 6) is 0.787. The van der Waals surface area contributed by atoms with Gasteiger partial charge in [0.15, 0.2) is 0 Å². The molecule has 19 heavy (non-hydrogen) atoms. The molecule has 1 unspecified atom stereocenters. The number of carbonyl (C=O) groups is 1. The van der Waals surface area contributed by atoms with Gasteiger partial charge in [0.1, 0.15) is 5.82 Å². The number of halogens is 1. The monoisotopic (exact) mass is 327 g/mol. The first-order valence-corrected chi connectivity index (χ1v) is 7.24. The maximum absolute atomic E-state index is 12.5. The Morgan fingerprint density at radius 3 is 3.11 bits per heavy atom. The molecule has 104 valence electrons. The number of nitrogens with one attached hydrogen (secondary N) is 1. The largest absolute Gasteiger partial charge is 0.396 e. The first-order chi connectivity index (χ1) is 9.15. The molecule has 2 rings (SSSR count). The lowest BCUT2D eigenvalue weighted by Gasteiger charge is -2.18. The number of aliphatic hydroxyl groups is 1. The second-order valence-electron chi connectivity index (χ2n) is 4.67. The number of rotatable bonds is 4. The van der Waals surface area contributed by atoms with Crippen LogP contribution in [0, 0.1) is 5.92 Å². The molecule has 2 N–H and O–H groups in total. The summed E-state index contributed by atoms with van der Waals surface area (Å²) in [7, 11) is 0. The molecule has 0 saturated carbocycles. The van der Waals surface area contributed by atoms with E-state index in [-0.39, 0.29) is 18.4 Å². The van der Waals surface area contributed by atoms with E-state index in [1.54, 1.807) is 17.2 Å².